The number of rotatable bonds is 5. The van der Waals surface area contributed by atoms with Crippen molar-refractivity contribution in [2.24, 2.45) is 10.9 Å². The van der Waals surface area contributed by atoms with E-state index in [9.17, 15) is 5.11 Å². The van der Waals surface area contributed by atoms with Crippen LogP contribution in [0.25, 0.3) is 0 Å². The highest BCUT2D eigenvalue weighted by Crippen LogP contribution is 2.28. The Hall–Kier alpha value is -1.31. The molecule has 0 saturated heterocycles. The van der Waals surface area contributed by atoms with E-state index in [-0.39, 0.29) is 12.4 Å². The Balaban J connectivity index is 2.29. The molecule has 1 aromatic heterocycles. The molecule has 1 aromatic rings. The normalized spacial score (nSPS) is 16.4. The number of aliphatic hydroxyl groups is 2. The third-order valence-corrected chi connectivity index (χ3v) is 4.16. The van der Waals surface area contributed by atoms with E-state index >= 15 is 0 Å². The third-order valence-electron chi connectivity index (χ3n) is 3.02. The number of amidine groups is 1. The molecule has 1 aliphatic carbocycles. The largest absolute Gasteiger partial charge is 0.409 e. The van der Waals surface area contributed by atoms with Crippen molar-refractivity contribution >= 4 is 17.6 Å². The second-order valence-electron chi connectivity index (χ2n) is 4.43. The summed E-state index contributed by atoms with van der Waals surface area (Å²) in [6.45, 7) is -0.295. The van der Waals surface area contributed by atoms with Crippen LogP contribution >= 0.6 is 11.8 Å². The van der Waals surface area contributed by atoms with Gasteiger partial charge in [-0.15, -0.1) is 11.8 Å². The highest BCUT2D eigenvalue weighted by Gasteiger charge is 2.19. The predicted octanol–water partition coefficient (Wildman–Crippen LogP) is 0.110. The Bertz CT molecular complexity index is 493. The van der Waals surface area contributed by atoms with Crippen LogP contribution in [-0.4, -0.2) is 44.7 Å². The van der Waals surface area contributed by atoms with E-state index in [4.69, 9.17) is 16.0 Å². The fourth-order valence-electron chi connectivity index (χ4n) is 2.03. The molecule has 2 rings (SSSR count). The molecular weight excluding hydrogens is 266 g/mol. The molecule has 0 saturated carbocycles. The maximum absolute atomic E-state index is 9.39. The number of hydrogen-bond acceptors (Lipinski definition) is 6. The first kappa shape index (κ1) is 14.1. The molecule has 7 heteroatoms. The van der Waals surface area contributed by atoms with Crippen LogP contribution in [0, 0.1) is 0 Å². The van der Waals surface area contributed by atoms with Crippen LogP contribution in [0.15, 0.2) is 16.2 Å². The second kappa shape index (κ2) is 6.23. The zero-order chi connectivity index (χ0) is 13.8. The number of fused-ring (bicyclic) bond motifs is 1. The average molecular weight is 283 g/mol. The molecule has 5 N–H and O–H groups in total. The maximum atomic E-state index is 9.39. The Morgan fingerprint density at radius 2 is 2.32 bits per heavy atom. The topological polar surface area (TPSA) is 112 Å². The van der Waals surface area contributed by atoms with Crippen molar-refractivity contribution in [3.63, 3.8) is 0 Å². The van der Waals surface area contributed by atoms with Gasteiger partial charge in [0.1, 0.15) is 5.03 Å². The van der Waals surface area contributed by atoms with Crippen molar-refractivity contribution in [2.45, 2.75) is 30.4 Å². The van der Waals surface area contributed by atoms with Crippen LogP contribution in [0.2, 0.25) is 0 Å². The second-order valence-corrected chi connectivity index (χ2v) is 5.44. The fourth-order valence-corrected chi connectivity index (χ4v) is 2.98. The number of aromatic nitrogens is 1. The zero-order valence-corrected chi connectivity index (χ0v) is 11.2. The smallest absolute Gasteiger partial charge is 0.172 e. The lowest BCUT2D eigenvalue weighted by atomic mass is 10.1. The van der Waals surface area contributed by atoms with Crippen molar-refractivity contribution < 1.29 is 15.4 Å². The van der Waals surface area contributed by atoms with Gasteiger partial charge >= 0.3 is 0 Å². The molecule has 6 nitrogen and oxygen atoms in total. The Morgan fingerprint density at radius 3 is 3.00 bits per heavy atom. The first-order valence-electron chi connectivity index (χ1n) is 6.08. The lowest BCUT2D eigenvalue weighted by Crippen LogP contribution is -2.18. The molecule has 19 heavy (non-hydrogen) atoms. The number of nitrogens with zero attached hydrogens (tertiary/aromatic N) is 2. The summed E-state index contributed by atoms with van der Waals surface area (Å²) >= 11 is 1.30. The lowest BCUT2D eigenvalue weighted by Gasteiger charge is -2.11. The van der Waals surface area contributed by atoms with Crippen molar-refractivity contribution in [1.29, 1.82) is 0 Å². The standard InChI is InChI=1S/C12H17N3O3S/c13-11(15-18)9-4-7-2-1-3-10(7)14-12(9)19-6-8(17)5-16/h4,8,16-18H,1-3,5-6H2,(H2,13,15). The summed E-state index contributed by atoms with van der Waals surface area (Å²) in [7, 11) is 0. The van der Waals surface area contributed by atoms with E-state index in [1.165, 1.54) is 11.8 Å². The monoisotopic (exact) mass is 283 g/mol. The minimum atomic E-state index is -0.805. The van der Waals surface area contributed by atoms with E-state index in [1.54, 1.807) is 0 Å². The molecule has 0 spiro atoms. The summed E-state index contributed by atoms with van der Waals surface area (Å²) < 4.78 is 0. The van der Waals surface area contributed by atoms with Gasteiger partial charge < -0.3 is 21.2 Å². The summed E-state index contributed by atoms with van der Waals surface area (Å²) in [6, 6.07) is 1.90. The van der Waals surface area contributed by atoms with Gasteiger partial charge in [-0.2, -0.15) is 0 Å². The number of hydrogen-bond donors (Lipinski definition) is 4. The summed E-state index contributed by atoms with van der Waals surface area (Å²) in [4.78, 5) is 4.53. The zero-order valence-electron chi connectivity index (χ0n) is 10.4. The van der Waals surface area contributed by atoms with Crippen molar-refractivity contribution in [3.05, 3.63) is 22.9 Å². The summed E-state index contributed by atoms with van der Waals surface area (Å²) in [5.41, 5.74) is 8.42. The predicted molar refractivity (Wildman–Crippen MR) is 72.6 cm³/mol. The van der Waals surface area contributed by atoms with E-state index in [2.05, 4.69) is 10.1 Å². The van der Waals surface area contributed by atoms with Crippen LogP contribution in [0.1, 0.15) is 23.2 Å². The summed E-state index contributed by atoms with van der Waals surface area (Å²) in [5, 5.41) is 30.7. The number of oxime groups is 1. The molecule has 0 radical (unpaired) electrons. The Labute approximate surface area is 115 Å². The number of pyridine rings is 1. The van der Waals surface area contributed by atoms with Crippen molar-refractivity contribution in [2.75, 3.05) is 12.4 Å². The Kier molecular flexibility index (Phi) is 4.62. The highest BCUT2D eigenvalue weighted by atomic mass is 32.2. The highest BCUT2D eigenvalue weighted by molar-refractivity contribution is 7.99. The van der Waals surface area contributed by atoms with Crippen LogP contribution in [0.4, 0.5) is 0 Å². The molecule has 1 aliphatic rings. The van der Waals surface area contributed by atoms with Gasteiger partial charge in [-0.05, 0) is 30.9 Å². The maximum Gasteiger partial charge on any atom is 0.172 e. The van der Waals surface area contributed by atoms with Crippen LogP contribution in [0.3, 0.4) is 0 Å². The first-order chi connectivity index (χ1) is 9.15. The molecule has 0 bridgehead atoms. The first-order valence-corrected chi connectivity index (χ1v) is 7.06. The van der Waals surface area contributed by atoms with Crippen molar-refractivity contribution in [3.8, 4) is 0 Å². The van der Waals surface area contributed by atoms with Gasteiger partial charge in [-0.1, -0.05) is 5.16 Å². The van der Waals surface area contributed by atoms with Gasteiger partial charge in [0, 0.05) is 11.4 Å². The van der Waals surface area contributed by atoms with Gasteiger partial charge in [-0.25, -0.2) is 4.98 Å². The molecule has 0 aromatic carbocycles. The van der Waals surface area contributed by atoms with Crippen LogP contribution < -0.4 is 5.73 Å². The van der Waals surface area contributed by atoms with Crippen LogP contribution in [-0.2, 0) is 12.8 Å². The number of aryl methyl sites for hydroxylation is 2. The molecule has 104 valence electrons. The fraction of sp³-hybridized carbons (Fsp3) is 0.500. The summed E-state index contributed by atoms with van der Waals surface area (Å²) in [6.07, 6.45) is 2.14. The van der Waals surface area contributed by atoms with Gasteiger partial charge in [0.25, 0.3) is 0 Å². The van der Waals surface area contributed by atoms with Gasteiger partial charge in [0.2, 0.25) is 0 Å². The molecule has 0 aliphatic heterocycles. The third kappa shape index (κ3) is 3.17. The lowest BCUT2D eigenvalue weighted by molar-refractivity contribution is 0.113. The average Bonchev–Trinajstić information content (AvgIpc) is 2.89. The number of nitrogens with two attached hydrogens (primary N) is 1. The van der Waals surface area contributed by atoms with E-state index in [1.807, 2.05) is 6.07 Å². The molecule has 1 atom stereocenters. The molecule has 1 unspecified atom stereocenters. The SMILES string of the molecule is NC(=NO)c1cc2c(nc1SCC(O)CO)CCC2. The van der Waals surface area contributed by atoms with E-state index in [0.29, 0.717) is 16.3 Å². The number of thioether (sulfide) groups is 1. The van der Waals surface area contributed by atoms with Gasteiger partial charge in [0.05, 0.1) is 18.3 Å². The van der Waals surface area contributed by atoms with Gasteiger partial charge in [0.15, 0.2) is 5.84 Å². The molecule has 0 fully saturated rings. The minimum Gasteiger partial charge on any atom is -0.409 e. The van der Waals surface area contributed by atoms with E-state index < -0.39 is 6.10 Å². The quantitative estimate of drug-likeness (QED) is 0.201. The van der Waals surface area contributed by atoms with Crippen LogP contribution in [0.5, 0.6) is 0 Å². The molecule has 0 amide bonds. The van der Waals surface area contributed by atoms with Gasteiger partial charge in [-0.3, -0.25) is 0 Å². The van der Waals surface area contributed by atoms with E-state index in [0.717, 1.165) is 30.5 Å². The molecular formula is C12H17N3O3S. The Morgan fingerprint density at radius 1 is 1.53 bits per heavy atom. The summed E-state index contributed by atoms with van der Waals surface area (Å²) in [5.74, 6) is 0.330. The number of aliphatic hydroxyl groups excluding tert-OH is 2. The minimum absolute atomic E-state index is 0.0168. The molecule has 1 heterocycles. The van der Waals surface area contributed by atoms with Crippen molar-refractivity contribution in [1.82, 2.24) is 4.98 Å².